The van der Waals surface area contributed by atoms with Gasteiger partial charge in [0.05, 0.1) is 23.7 Å². The minimum absolute atomic E-state index is 0.0376. The van der Waals surface area contributed by atoms with Gasteiger partial charge in [-0.3, -0.25) is 0 Å². The molecule has 4 heteroatoms. The van der Waals surface area contributed by atoms with Gasteiger partial charge in [0.2, 0.25) is 0 Å². The number of benzene rings is 1. The Morgan fingerprint density at radius 3 is 2.64 bits per heavy atom. The van der Waals surface area contributed by atoms with Crippen LogP contribution in [0.4, 0.5) is 4.39 Å². The summed E-state index contributed by atoms with van der Waals surface area (Å²) < 4.78 is 17.8. The molecule has 74 valence electrons. The molecule has 14 heavy (non-hydrogen) atoms. The van der Waals surface area contributed by atoms with Gasteiger partial charge in [-0.2, -0.15) is 0 Å². The molecule has 1 aromatic rings. The molecule has 0 bridgehead atoms. The second kappa shape index (κ2) is 3.33. The Bertz CT molecular complexity index is 374. The maximum atomic E-state index is 12.9. The fourth-order valence-corrected chi connectivity index (χ4v) is 1.61. The van der Waals surface area contributed by atoms with E-state index in [4.69, 9.17) is 16.3 Å². The third kappa shape index (κ3) is 1.33. The van der Waals surface area contributed by atoms with E-state index >= 15 is 0 Å². The topological polar surface area (TPSA) is 26.3 Å². The smallest absolute Gasteiger partial charge is 0.141 e. The van der Waals surface area contributed by atoms with Gasteiger partial charge in [-0.15, -0.1) is 0 Å². The van der Waals surface area contributed by atoms with Gasteiger partial charge < -0.3 is 9.53 Å². The van der Waals surface area contributed by atoms with Crippen molar-refractivity contribution >= 4 is 17.9 Å². The molecular formula is C10H8ClFO2. The molecule has 0 atom stereocenters. The van der Waals surface area contributed by atoms with Crippen LogP contribution in [0.2, 0.25) is 5.02 Å². The van der Waals surface area contributed by atoms with Crippen LogP contribution in [0.5, 0.6) is 0 Å². The molecule has 1 aliphatic rings. The predicted molar refractivity (Wildman–Crippen MR) is 50.0 cm³/mol. The monoisotopic (exact) mass is 214 g/mol. The molecule has 1 heterocycles. The molecule has 0 saturated carbocycles. The lowest BCUT2D eigenvalue weighted by atomic mass is 9.80. The van der Waals surface area contributed by atoms with Crippen LogP contribution in [0, 0.1) is 5.82 Å². The molecule has 0 aromatic heterocycles. The van der Waals surface area contributed by atoms with E-state index in [9.17, 15) is 9.18 Å². The number of carbonyl (C=O) groups is 1. The predicted octanol–water partition coefficient (Wildman–Crippen LogP) is 1.95. The van der Waals surface area contributed by atoms with Crippen LogP contribution in [0.3, 0.4) is 0 Å². The maximum Gasteiger partial charge on any atom is 0.141 e. The summed E-state index contributed by atoms with van der Waals surface area (Å²) in [6, 6.07) is 4.31. The standard InChI is InChI=1S/C10H8ClFO2/c11-8-3-7(1-2-9(8)12)10(4-13)5-14-6-10/h1-4H,5-6H2. The summed E-state index contributed by atoms with van der Waals surface area (Å²) >= 11 is 5.63. The summed E-state index contributed by atoms with van der Waals surface area (Å²) in [5, 5.41) is 0.0376. The van der Waals surface area contributed by atoms with Crippen LogP contribution in [0.1, 0.15) is 5.56 Å². The van der Waals surface area contributed by atoms with Gasteiger partial charge in [0, 0.05) is 0 Å². The molecule has 1 fully saturated rings. The van der Waals surface area contributed by atoms with E-state index in [1.807, 2.05) is 0 Å². The minimum Gasteiger partial charge on any atom is -0.379 e. The number of carbonyl (C=O) groups excluding carboxylic acids is 1. The number of halogens is 2. The third-order valence-corrected chi connectivity index (χ3v) is 2.73. The summed E-state index contributed by atoms with van der Waals surface area (Å²) in [5.74, 6) is -0.475. The quantitative estimate of drug-likeness (QED) is 0.704. The Morgan fingerprint density at radius 2 is 2.21 bits per heavy atom. The first-order valence-electron chi connectivity index (χ1n) is 4.17. The Hall–Kier alpha value is -0.930. The van der Waals surface area contributed by atoms with E-state index in [-0.39, 0.29) is 5.02 Å². The molecule has 0 unspecified atom stereocenters. The molecule has 0 spiro atoms. The van der Waals surface area contributed by atoms with E-state index in [0.29, 0.717) is 18.8 Å². The van der Waals surface area contributed by atoms with Gasteiger partial charge in [-0.05, 0) is 17.7 Å². The zero-order chi connectivity index (χ0) is 10.2. The van der Waals surface area contributed by atoms with Gasteiger partial charge in [-0.25, -0.2) is 4.39 Å². The molecule has 1 aromatic carbocycles. The molecule has 2 nitrogen and oxygen atoms in total. The molecule has 0 N–H and O–H groups in total. The third-order valence-electron chi connectivity index (χ3n) is 2.44. The second-order valence-electron chi connectivity index (χ2n) is 3.40. The number of rotatable bonds is 2. The van der Waals surface area contributed by atoms with Crippen LogP contribution in [-0.2, 0) is 14.9 Å². The normalized spacial score (nSPS) is 18.7. The minimum atomic E-state index is -0.614. The fourth-order valence-electron chi connectivity index (χ4n) is 1.43. The number of hydrogen-bond donors (Lipinski definition) is 0. The Morgan fingerprint density at radius 1 is 1.50 bits per heavy atom. The molecule has 1 saturated heterocycles. The first-order valence-corrected chi connectivity index (χ1v) is 4.55. The van der Waals surface area contributed by atoms with Gasteiger partial charge in [0.25, 0.3) is 0 Å². The van der Waals surface area contributed by atoms with Crippen LogP contribution in [0.25, 0.3) is 0 Å². The molecule has 0 amide bonds. The van der Waals surface area contributed by atoms with E-state index in [1.165, 1.54) is 12.1 Å². The van der Waals surface area contributed by atoms with E-state index < -0.39 is 11.2 Å². The zero-order valence-corrected chi connectivity index (χ0v) is 8.05. The lowest BCUT2D eigenvalue weighted by molar-refractivity contribution is -0.129. The van der Waals surface area contributed by atoms with Crippen molar-refractivity contribution in [3.8, 4) is 0 Å². The first-order chi connectivity index (χ1) is 6.68. The van der Waals surface area contributed by atoms with Crippen molar-refractivity contribution in [3.63, 3.8) is 0 Å². The van der Waals surface area contributed by atoms with Crippen molar-refractivity contribution in [1.82, 2.24) is 0 Å². The summed E-state index contributed by atoms with van der Waals surface area (Å²) in [5.41, 5.74) is 0.0994. The maximum absolute atomic E-state index is 12.9. The molecule has 1 aliphatic heterocycles. The summed E-state index contributed by atoms with van der Waals surface area (Å²) in [7, 11) is 0. The highest BCUT2D eigenvalue weighted by Crippen LogP contribution is 2.32. The van der Waals surface area contributed by atoms with Crippen molar-refractivity contribution in [2.45, 2.75) is 5.41 Å². The average Bonchev–Trinajstić information content (AvgIpc) is 2.10. The highest BCUT2D eigenvalue weighted by molar-refractivity contribution is 6.30. The SMILES string of the molecule is O=CC1(c2ccc(F)c(Cl)c2)COC1. The largest absolute Gasteiger partial charge is 0.379 e. The summed E-state index contributed by atoms with van der Waals surface area (Å²) in [4.78, 5) is 10.9. The van der Waals surface area contributed by atoms with Crippen LogP contribution >= 0.6 is 11.6 Å². The zero-order valence-electron chi connectivity index (χ0n) is 7.30. The Balaban J connectivity index is 2.41. The lowest BCUT2D eigenvalue weighted by Gasteiger charge is -2.36. The average molecular weight is 215 g/mol. The van der Waals surface area contributed by atoms with Gasteiger partial charge in [0.15, 0.2) is 0 Å². The van der Waals surface area contributed by atoms with Crippen molar-refractivity contribution in [2.75, 3.05) is 13.2 Å². The number of aldehydes is 1. The number of ether oxygens (including phenoxy) is 1. The first kappa shape index (κ1) is 9.62. The Labute approximate surface area is 85.6 Å². The van der Waals surface area contributed by atoms with E-state index in [0.717, 1.165) is 6.29 Å². The number of hydrogen-bond acceptors (Lipinski definition) is 2. The molecule has 0 radical (unpaired) electrons. The van der Waals surface area contributed by atoms with Crippen molar-refractivity contribution < 1.29 is 13.9 Å². The van der Waals surface area contributed by atoms with Gasteiger partial charge in [0.1, 0.15) is 12.1 Å². The fraction of sp³-hybridized carbons (Fsp3) is 0.300. The van der Waals surface area contributed by atoms with Gasteiger partial charge in [-0.1, -0.05) is 17.7 Å². The van der Waals surface area contributed by atoms with Crippen molar-refractivity contribution in [3.05, 3.63) is 34.6 Å². The summed E-state index contributed by atoms with van der Waals surface area (Å²) in [6.45, 7) is 0.691. The second-order valence-corrected chi connectivity index (χ2v) is 3.80. The summed E-state index contributed by atoms with van der Waals surface area (Å²) in [6.07, 6.45) is 0.833. The van der Waals surface area contributed by atoms with Gasteiger partial charge >= 0.3 is 0 Å². The molecular weight excluding hydrogens is 207 g/mol. The lowest BCUT2D eigenvalue weighted by Crippen LogP contribution is -2.48. The highest BCUT2D eigenvalue weighted by Gasteiger charge is 2.40. The van der Waals surface area contributed by atoms with E-state index in [1.54, 1.807) is 6.07 Å². The van der Waals surface area contributed by atoms with Crippen molar-refractivity contribution in [2.24, 2.45) is 0 Å². The van der Waals surface area contributed by atoms with Crippen LogP contribution in [0.15, 0.2) is 18.2 Å². The molecule has 0 aliphatic carbocycles. The van der Waals surface area contributed by atoms with Crippen LogP contribution < -0.4 is 0 Å². The highest BCUT2D eigenvalue weighted by atomic mass is 35.5. The van der Waals surface area contributed by atoms with E-state index in [2.05, 4.69) is 0 Å². The molecule has 2 rings (SSSR count). The van der Waals surface area contributed by atoms with Crippen LogP contribution in [-0.4, -0.2) is 19.5 Å². The van der Waals surface area contributed by atoms with Crippen molar-refractivity contribution in [1.29, 1.82) is 0 Å². The Kier molecular flexibility index (Phi) is 2.29.